The van der Waals surface area contributed by atoms with E-state index in [2.05, 4.69) is 9.68 Å². The fraction of sp³-hybridized carbons (Fsp3) is 0.500. The van der Waals surface area contributed by atoms with Crippen molar-refractivity contribution in [3.8, 4) is 0 Å². The number of aliphatic carboxylic acids is 1. The van der Waals surface area contributed by atoms with Gasteiger partial charge < -0.3 is 14.7 Å². The molecule has 1 heterocycles. The largest absolute Gasteiger partial charge is 0.480 e. The fourth-order valence-corrected chi connectivity index (χ4v) is 2.78. The van der Waals surface area contributed by atoms with Crippen LogP contribution in [-0.2, 0) is 14.8 Å². The summed E-state index contributed by atoms with van der Waals surface area (Å²) in [7, 11) is -4.08. The number of carbonyl (C=O) groups is 1. The van der Waals surface area contributed by atoms with Gasteiger partial charge in [0.05, 0.1) is 6.61 Å². The third-order valence-electron chi connectivity index (χ3n) is 2.01. The highest BCUT2D eigenvalue weighted by molar-refractivity contribution is 7.89. The highest BCUT2D eigenvalue weighted by Crippen LogP contribution is 2.18. The normalized spacial score (nSPS) is 13.6. The number of rotatable bonds is 5. The van der Waals surface area contributed by atoms with Crippen molar-refractivity contribution in [2.24, 2.45) is 0 Å². The van der Waals surface area contributed by atoms with Crippen molar-refractivity contribution in [1.82, 2.24) is 9.88 Å². The molecule has 1 atom stereocenters. The number of carboxylic acids is 1. The molecule has 8 nitrogen and oxygen atoms in total. The molecule has 0 aliphatic heterocycles. The second-order valence-corrected chi connectivity index (χ2v) is 5.00. The van der Waals surface area contributed by atoms with Gasteiger partial charge in [0.1, 0.15) is 16.6 Å². The van der Waals surface area contributed by atoms with Crippen LogP contribution in [0.15, 0.2) is 9.42 Å². The van der Waals surface area contributed by atoms with Crippen LogP contribution in [0, 0.1) is 13.8 Å². The molecule has 1 aromatic heterocycles. The summed E-state index contributed by atoms with van der Waals surface area (Å²) in [5.41, 5.74) is 0.122. The minimum atomic E-state index is -4.08. The van der Waals surface area contributed by atoms with Gasteiger partial charge >= 0.3 is 5.97 Å². The number of sulfonamides is 1. The molecule has 0 aromatic carbocycles. The summed E-state index contributed by atoms with van der Waals surface area (Å²) >= 11 is 0. The maximum Gasteiger partial charge on any atom is 0.324 e. The van der Waals surface area contributed by atoms with E-state index in [0.29, 0.717) is 0 Å². The van der Waals surface area contributed by atoms with Crippen LogP contribution in [0.25, 0.3) is 0 Å². The van der Waals surface area contributed by atoms with Gasteiger partial charge in [0.2, 0.25) is 10.0 Å². The molecule has 9 heteroatoms. The van der Waals surface area contributed by atoms with Gasteiger partial charge in [-0.2, -0.15) is 4.72 Å². The maximum absolute atomic E-state index is 11.8. The average molecular weight is 264 g/mol. The highest BCUT2D eigenvalue weighted by atomic mass is 32.2. The molecule has 17 heavy (non-hydrogen) atoms. The van der Waals surface area contributed by atoms with Crippen molar-refractivity contribution in [2.75, 3.05) is 6.61 Å². The van der Waals surface area contributed by atoms with Gasteiger partial charge in [-0.1, -0.05) is 5.16 Å². The second kappa shape index (κ2) is 4.82. The van der Waals surface area contributed by atoms with Crippen LogP contribution in [0.1, 0.15) is 11.5 Å². The van der Waals surface area contributed by atoms with Crippen LogP contribution in [0.5, 0.6) is 0 Å². The molecule has 0 saturated carbocycles. The van der Waals surface area contributed by atoms with Crippen molar-refractivity contribution in [2.45, 2.75) is 24.8 Å². The predicted molar refractivity (Wildman–Crippen MR) is 54.8 cm³/mol. The highest BCUT2D eigenvalue weighted by Gasteiger charge is 2.29. The van der Waals surface area contributed by atoms with Gasteiger partial charge in [0.15, 0.2) is 5.76 Å². The molecule has 0 bridgehead atoms. The van der Waals surface area contributed by atoms with E-state index in [1.165, 1.54) is 13.8 Å². The summed E-state index contributed by atoms with van der Waals surface area (Å²) in [5.74, 6) is -1.42. The zero-order chi connectivity index (χ0) is 13.2. The van der Waals surface area contributed by atoms with Crippen molar-refractivity contribution in [3.05, 3.63) is 11.5 Å². The molecule has 0 aliphatic rings. The number of nitrogens with one attached hydrogen (secondary N) is 1. The first kappa shape index (κ1) is 13.6. The van der Waals surface area contributed by atoms with Crippen LogP contribution < -0.4 is 4.72 Å². The molecule has 0 aliphatic carbocycles. The average Bonchev–Trinajstić information content (AvgIpc) is 2.55. The molecule has 0 amide bonds. The van der Waals surface area contributed by atoms with Crippen LogP contribution in [0.3, 0.4) is 0 Å². The van der Waals surface area contributed by atoms with Crippen molar-refractivity contribution < 1.29 is 27.9 Å². The molecule has 1 rings (SSSR count). The lowest BCUT2D eigenvalue weighted by molar-refractivity contribution is -0.139. The number of aryl methyl sites for hydroxylation is 2. The zero-order valence-corrected chi connectivity index (χ0v) is 9.98. The topological polar surface area (TPSA) is 130 Å². The van der Waals surface area contributed by atoms with E-state index in [1.807, 2.05) is 4.72 Å². The van der Waals surface area contributed by atoms with E-state index in [9.17, 15) is 13.2 Å². The summed E-state index contributed by atoms with van der Waals surface area (Å²) in [6, 6.07) is -1.60. The maximum atomic E-state index is 11.8. The summed E-state index contributed by atoms with van der Waals surface area (Å²) < 4.78 is 30.2. The fourth-order valence-electron chi connectivity index (χ4n) is 1.27. The molecule has 3 N–H and O–H groups in total. The Morgan fingerprint density at radius 1 is 1.53 bits per heavy atom. The standard InChI is InChI=1S/C8H12N2O6S/c1-4-7(5(2)16-9-4)17(14,15)10-6(3-11)8(12)13/h6,10-11H,3H2,1-2H3,(H,12,13)/t6-/m0/s1. The van der Waals surface area contributed by atoms with Crippen molar-refractivity contribution in [3.63, 3.8) is 0 Å². The number of nitrogens with zero attached hydrogens (tertiary/aromatic N) is 1. The minimum Gasteiger partial charge on any atom is -0.480 e. The van der Waals surface area contributed by atoms with Crippen LogP contribution in [0.4, 0.5) is 0 Å². The van der Waals surface area contributed by atoms with E-state index < -0.39 is 28.6 Å². The Balaban J connectivity index is 3.09. The summed E-state index contributed by atoms with van der Waals surface area (Å²) in [6.07, 6.45) is 0. The number of aliphatic hydroxyl groups excluding tert-OH is 1. The molecule has 0 spiro atoms. The molecule has 0 saturated heterocycles. The van der Waals surface area contributed by atoms with Crippen LogP contribution in [0.2, 0.25) is 0 Å². The lowest BCUT2D eigenvalue weighted by atomic mass is 10.3. The van der Waals surface area contributed by atoms with E-state index in [1.54, 1.807) is 0 Å². The number of hydrogen-bond donors (Lipinski definition) is 3. The van der Waals surface area contributed by atoms with Gasteiger partial charge in [-0.25, -0.2) is 8.42 Å². The molecule has 0 fully saturated rings. The molecule has 96 valence electrons. The third kappa shape index (κ3) is 2.81. The van der Waals surface area contributed by atoms with Gasteiger partial charge in [-0.15, -0.1) is 0 Å². The Bertz CT molecular complexity index is 501. The number of aliphatic hydroxyl groups is 1. The molecular formula is C8H12N2O6S. The second-order valence-electron chi connectivity index (χ2n) is 3.35. The van der Waals surface area contributed by atoms with E-state index in [-0.39, 0.29) is 16.3 Å². The Hall–Kier alpha value is -1.45. The van der Waals surface area contributed by atoms with Crippen molar-refractivity contribution in [1.29, 1.82) is 0 Å². The van der Waals surface area contributed by atoms with Crippen LogP contribution in [-0.4, -0.2) is 42.4 Å². The Morgan fingerprint density at radius 3 is 2.47 bits per heavy atom. The third-order valence-corrected chi connectivity index (χ3v) is 3.73. The van der Waals surface area contributed by atoms with Gasteiger partial charge in [0.25, 0.3) is 0 Å². The lowest BCUT2D eigenvalue weighted by Gasteiger charge is -2.11. The first-order valence-corrected chi connectivity index (χ1v) is 6.06. The summed E-state index contributed by atoms with van der Waals surface area (Å²) in [4.78, 5) is 10.4. The minimum absolute atomic E-state index is 0.0529. The lowest BCUT2D eigenvalue weighted by Crippen LogP contribution is -2.43. The SMILES string of the molecule is Cc1noc(C)c1S(=O)(=O)N[C@@H](CO)C(=O)O. The Labute approximate surface area is 97.3 Å². The Kier molecular flexibility index (Phi) is 3.86. The summed E-state index contributed by atoms with van der Waals surface area (Å²) in [5, 5.41) is 20.9. The van der Waals surface area contributed by atoms with E-state index in [0.717, 1.165) is 0 Å². The molecule has 1 aromatic rings. The van der Waals surface area contributed by atoms with E-state index >= 15 is 0 Å². The molecule has 0 unspecified atom stereocenters. The monoisotopic (exact) mass is 264 g/mol. The van der Waals surface area contributed by atoms with Gasteiger partial charge in [-0.05, 0) is 13.8 Å². The predicted octanol–water partition coefficient (Wildman–Crippen LogP) is -0.985. The van der Waals surface area contributed by atoms with Crippen molar-refractivity contribution >= 4 is 16.0 Å². The first-order chi connectivity index (χ1) is 7.79. The smallest absolute Gasteiger partial charge is 0.324 e. The number of aromatic nitrogens is 1. The quantitative estimate of drug-likeness (QED) is 0.622. The van der Waals surface area contributed by atoms with Crippen LogP contribution >= 0.6 is 0 Å². The molecular weight excluding hydrogens is 252 g/mol. The first-order valence-electron chi connectivity index (χ1n) is 4.58. The van der Waals surface area contributed by atoms with Gasteiger partial charge in [-0.3, -0.25) is 4.79 Å². The summed E-state index contributed by atoms with van der Waals surface area (Å²) in [6.45, 7) is 1.96. The van der Waals surface area contributed by atoms with E-state index in [4.69, 9.17) is 10.2 Å². The number of carboxylic acid groups (broad SMARTS) is 1. The zero-order valence-electron chi connectivity index (χ0n) is 9.17. The van der Waals surface area contributed by atoms with Gasteiger partial charge in [0, 0.05) is 0 Å². The molecule has 0 radical (unpaired) electrons. The Morgan fingerprint density at radius 2 is 2.12 bits per heavy atom. The number of hydrogen-bond acceptors (Lipinski definition) is 6.